The average Bonchev–Trinajstić information content (AvgIpc) is 2.19. The van der Waals surface area contributed by atoms with E-state index in [2.05, 4.69) is 38.0 Å². The van der Waals surface area contributed by atoms with Gasteiger partial charge in [0.15, 0.2) is 0 Å². The molecule has 1 aromatic rings. The minimum absolute atomic E-state index is 0.00542. The second-order valence-electron chi connectivity index (χ2n) is 5.15. The molecule has 1 heterocycles. The molecule has 0 bridgehead atoms. The summed E-state index contributed by atoms with van der Waals surface area (Å²) >= 11 is 0. The zero-order valence-corrected chi connectivity index (χ0v) is 10.7. The normalized spacial score (nSPS) is 11.8. The Balaban J connectivity index is 2.80. The Hall–Kier alpha value is -1.09. The Kier molecular flexibility index (Phi) is 4.30. The van der Waals surface area contributed by atoms with Crippen LogP contribution in [0.25, 0.3) is 0 Å². The van der Waals surface area contributed by atoms with Crippen molar-refractivity contribution < 1.29 is 0 Å². The van der Waals surface area contributed by atoms with Gasteiger partial charge >= 0.3 is 0 Å². The smallest absolute Gasteiger partial charge is 0.252 e. The molecule has 0 radical (unpaired) electrons. The van der Waals surface area contributed by atoms with Gasteiger partial charge in [-0.2, -0.15) is 0 Å². The van der Waals surface area contributed by atoms with Gasteiger partial charge in [0.2, 0.25) is 0 Å². The van der Waals surface area contributed by atoms with Crippen molar-refractivity contribution in [2.45, 2.75) is 46.1 Å². The van der Waals surface area contributed by atoms with Gasteiger partial charge in [-0.1, -0.05) is 33.8 Å². The van der Waals surface area contributed by atoms with Crippen LogP contribution in [-0.4, -0.2) is 11.5 Å². The van der Waals surface area contributed by atoms with Crippen molar-refractivity contribution in [2.75, 3.05) is 6.54 Å². The molecule has 90 valence electrons. The first-order valence-electron chi connectivity index (χ1n) is 5.88. The van der Waals surface area contributed by atoms with E-state index >= 15 is 0 Å². The molecular formula is C13H22N2O. The maximum Gasteiger partial charge on any atom is 0.252 e. The Morgan fingerprint density at radius 1 is 1.31 bits per heavy atom. The summed E-state index contributed by atoms with van der Waals surface area (Å²) in [6, 6.07) is 3.92. The summed E-state index contributed by atoms with van der Waals surface area (Å²) in [5.74, 6) is 0. The quantitative estimate of drug-likeness (QED) is 0.767. The number of aromatic nitrogens is 1. The zero-order valence-electron chi connectivity index (χ0n) is 10.7. The predicted molar refractivity (Wildman–Crippen MR) is 67.8 cm³/mol. The number of hydrogen-bond acceptors (Lipinski definition) is 2. The molecule has 3 nitrogen and oxygen atoms in total. The Labute approximate surface area is 97.3 Å². The van der Waals surface area contributed by atoms with Crippen LogP contribution < -0.4 is 10.9 Å². The highest BCUT2D eigenvalue weighted by atomic mass is 16.1. The highest BCUT2D eigenvalue weighted by Crippen LogP contribution is 2.18. The molecule has 16 heavy (non-hydrogen) atoms. The summed E-state index contributed by atoms with van der Waals surface area (Å²) in [4.78, 5) is 14.7. The van der Waals surface area contributed by atoms with Gasteiger partial charge in [-0.05, 0) is 19.0 Å². The Morgan fingerprint density at radius 2 is 2.00 bits per heavy atom. The molecule has 1 rings (SSSR count). The topological polar surface area (TPSA) is 44.9 Å². The fourth-order valence-electron chi connectivity index (χ4n) is 1.48. The van der Waals surface area contributed by atoms with Crippen LogP contribution >= 0.6 is 0 Å². The van der Waals surface area contributed by atoms with Crippen molar-refractivity contribution >= 4 is 0 Å². The second-order valence-corrected chi connectivity index (χ2v) is 5.15. The lowest BCUT2D eigenvalue weighted by Crippen LogP contribution is -2.25. The van der Waals surface area contributed by atoms with Crippen molar-refractivity contribution in [3.63, 3.8) is 0 Å². The third-order valence-electron chi connectivity index (χ3n) is 2.54. The summed E-state index contributed by atoms with van der Waals surface area (Å²) in [6.45, 7) is 9.97. The van der Waals surface area contributed by atoms with E-state index in [1.165, 1.54) is 0 Å². The summed E-state index contributed by atoms with van der Waals surface area (Å²) in [5.41, 5.74) is 1.81. The molecule has 0 atom stereocenters. The second kappa shape index (κ2) is 5.30. The first-order chi connectivity index (χ1) is 7.45. The van der Waals surface area contributed by atoms with Gasteiger partial charge in [-0.25, -0.2) is 0 Å². The van der Waals surface area contributed by atoms with Crippen LogP contribution in [0.1, 0.15) is 45.4 Å². The first kappa shape index (κ1) is 13.0. The molecule has 0 spiro atoms. The fourth-order valence-corrected chi connectivity index (χ4v) is 1.48. The van der Waals surface area contributed by atoms with Crippen LogP contribution in [0.15, 0.2) is 16.9 Å². The standard InChI is InChI=1S/C13H22N2O/c1-5-8-14-9-10-6-7-11(13(2,3)4)15-12(10)16/h6-7,14H,5,8-9H2,1-4H3,(H,15,16). The lowest BCUT2D eigenvalue weighted by Gasteiger charge is -2.18. The van der Waals surface area contributed by atoms with Crippen LogP contribution in [0.3, 0.4) is 0 Å². The van der Waals surface area contributed by atoms with E-state index in [4.69, 9.17) is 0 Å². The van der Waals surface area contributed by atoms with E-state index in [0.29, 0.717) is 6.54 Å². The fraction of sp³-hybridized carbons (Fsp3) is 0.615. The molecule has 0 aliphatic heterocycles. The Bertz CT molecular complexity index is 388. The summed E-state index contributed by atoms with van der Waals surface area (Å²) in [5, 5.41) is 3.23. The van der Waals surface area contributed by atoms with E-state index in [-0.39, 0.29) is 11.0 Å². The molecule has 0 fully saturated rings. The monoisotopic (exact) mass is 222 g/mol. The minimum atomic E-state index is -0.00542. The molecule has 0 amide bonds. The number of pyridine rings is 1. The molecule has 0 saturated carbocycles. The van der Waals surface area contributed by atoms with Crippen LogP contribution in [0.2, 0.25) is 0 Å². The first-order valence-corrected chi connectivity index (χ1v) is 5.88. The third-order valence-corrected chi connectivity index (χ3v) is 2.54. The van der Waals surface area contributed by atoms with Gasteiger partial charge in [0.05, 0.1) is 0 Å². The summed E-state index contributed by atoms with van der Waals surface area (Å²) in [6.07, 6.45) is 1.08. The van der Waals surface area contributed by atoms with Crippen LogP contribution in [0.4, 0.5) is 0 Å². The van der Waals surface area contributed by atoms with Crippen LogP contribution in [0, 0.1) is 0 Å². The number of hydrogen-bond donors (Lipinski definition) is 2. The van der Waals surface area contributed by atoms with Gasteiger partial charge in [-0.15, -0.1) is 0 Å². The zero-order chi connectivity index (χ0) is 12.2. The average molecular weight is 222 g/mol. The van der Waals surface area contributed by atoms with E-state index in [1.807, 2.05) is 12.1 Å². The van der Waals surface area contributed by atoms with E-state index in [9.17, 15) is 4.79 Å². The van der Waals surface area contributed by atoms with Crippen LogP contribution in [-0.2, 0) is 12.0 Å². The highest BCUT2D eigenvalue weighted by Gasteiger charge is 2.14. The van der Waals surface area contributed by atoms with Crippen molar-refractivity contribution in [3.8, 4) is 0 Å². The van der Waals surface area contributed by atoms with Crippen molar-refractivity contribution in [3.05, 3.63) is 33.7 Å². The largest absolute Gasteiger partial charge is 0.325 e. The maximum absolute atomic E-state index is 11.8. The van der Waals surface area contributed by atoms with E-state index in [0.717, 1.165) is 24.2 Å². The molecule has 0 aromatic carbocycles. The van der Waals surface area contributed by atoms with Crippen molar-refractivity contribution in [1.29, 1.82) is 0 Å². The lowest BCUT2D eigenvalue weighted by molar-refractivity contribution is 0.564. The third kappa shape index (κ3) is 3.49. The molecule has 0 unspecified atom stereocenters. The lowest BCUT2D eigenvalue weighted by atomic mass is 9.91. The number of rotatable bonds is 4. The van der Waals surface area contributed by atoms with Gasteiger partial charge in [-0.3, -0.25) is 4.79 Å². The predicted octanol–water partition coefficient (Wildman–Crippen LogP) is 2.17. The molecule has 2 N–H and O–H groups in total. The molecule has 0 aliphatic rings. The van der Waals surface area contributed by atoms with Gasteiger partial charge in [0.1, 0.15) is 0 Å². The molecule has 1 aromatic heterocycles. The number of aromatic amines is 1. The number of H-pyrrole nitrogens is 1. The van der Waals surface area contributed by atoms with Crippen molar-refractivity contribution in [1.82, 2.24) is 10.3 Å². The van der Waals surface area contributed by atoms with Gasteiger partial charge in [0, 0.05) is 23.2 Å². The SMILES string of the molecule is CCCNCc1ccc(C(C)(C)C)[nH]c1=O. The highest BCUT2D eigenvalue weighted by molar-refractivity contribution is 5.19. The summed E-state index contributed by atoms with van der Waals surface area (Å²) < 4.78 is 0. The minimum Gasteiger partial charge on any atom is -0.325 e. The number of nitrogens with one attached hydrogen (secondary N) is 2. The van der Waals surface area contributed by atoms with Crippen molar-refractivity contribution in [2.24, 2.45) is 0 Å². The maximum atomic E-state index is 11.8. The van der Waals surface area contributed by atoms with Crippen LogP contribution in [0.5, 0.6) is 0 Å². The Morgan fingerprint density at radius 3 is 2.50 bits per heavy atom. The van der Waals surface area contributed by atoms with Gasteiger partial charge < -0.3 is 10.3 Å². The molecular weight excluding hydrogens is 200 g/mol. The molecule has 0 saturated heterocycles. The van der Waals surface area contributed by atoms with E-state index < -0.39 is 0 Å². The van der Waals surface area contributed by atoms with Gasteiger partial charge in [0.25, 0.3) is 5.56 Å². The molecule has 3 heteroatoms. The van der Waals surface area contributed by atoms with E-state index in [1.54, 1.807) is 0 Å². The summed E-state index contributed by atoms with van der Waals surface area (Å²) in [7, 11) is 0. The molecule has 0 aliphatic carbocycles.